The second kappa shape index (κ2) is 9.86. The van der Waals surface area contributed by atoms with Gasteiger partial charge in [-0.15, -0.1) is 11.3 Å². The number of primary amides is 1. The van der Waals surface area contributed by atoms with Crippen LogP contribution in [-0.4, -0.2) is 38.9 Å². The summed E-state index contributed by atoms with van der Waals surface area (Å²) in [6, 6.07) is 16.1. The van der Waals surface area contributed by atoms with Gasteiger partial charge in [-0.2, -0.15) is 5.10 Å². The van der Waals surface area contributed by atoms with Gasteiger partial charge in [-0.25, -0.2) is 4.39 Å². The molecule has 2 aromatic carbocycles. The van der Waals surface area contributed by atoms with Crippen molar-refractivity contribution in [1.82, 2.24) is 14.7 Å². The van der Waals surface area contributed by atoms with Crippen LogP contribution in [0.5, 0.6) is 0 Å². The second-order valence-corrected chi connectivity index (χ2v) is 10.8. The quantitative estimate of drug-likeness (QED) is 0.384. The van der Waals surface area contributed by atoms with Crippen molar-refractivity contribution >= 4 is 34.7 Å². The highest BCUT2D eigenvalue weighted by molar-refractivity contribution is 7.12. The van der Waals surface area contributed by atoms with Crippen LogP contribution in [0.2, 0.25) is 0 Å². The van der Waals surface area contributed by atoms with E-state index in [1.54, 1.807) is 46.0 Å². The Balaban J connectivity index is 1.55. The van der Waals surface area contributed by atoms with Crippen LogP contribution < -0.4 is 11.1 Å². The van der Waals surface area contributed by atoms with E-state index in [9.17, 15) is 18.8 Å². The number of amides is 3. The van der Waals surface area contributed by atoms with Gasteiger partial charge in [0.25, 0.3) is 11.8 Å². The van der Waals surface area contributed by atoms with E-state index in [1.165, 1.54) is 29.5 Å². The van der Waals surface area contributed by atoms with Gasteiger partial charge in [0.15, 0.2) is 5.69 Å². The summed E-state index contributed by atoms with van der Waals surface area (Å²) in [7, 11) is 0. The molecule has 0 aliphatic carbocycles. The molecule has 194 valence electrons. The van der Waals surface area contributed by atoms with Crippen LogP contribution in [0.25, 0.3) is 0 Å². The van der Waals surface area contributed by atoms with Gasteiger partial charge in [-0.3, -0.25) is 19.1 Å². The zero-order valence-electron chi connectivity index (χ0n) is 20.9. The molecule has 0 saturated carbocycles. The molecule has 8 nitrogen and oxygen atoms in total. The molecule has 0 bridgehead atoms. The van der Waals surface area contributed by atoms with Crippen molar-refractivity contribution < 1.29 is 18.8 Å². The number of anilines is 1. The lowest BCUT2D eigenvalue weighted by Gasteiger charge is -2.38. The Morgan fingerprint density at radius 3 is 2.55 bits per heavy atom. The predicted octanol–water partition coefficient (Wildman–Crippen LogP) is 4.42. The molecule has 38 heavy (non-hydrogen) atoms. The summed E-state index contributed by atoms with van der Waals surface area (Å²) < 4.78 is 15.3. The number of carbonyl (C=O) groups excluding carboxylic acids is 3. The lowest BCUT2D eigenvalue weighted by Crippen LogP contribution is -2.46. The number of fused-ring (bicyclic) bond motifs is 1. The molecule has 1 aliphatic heterocycles. The number of rotatable bonds is 6. The molecule has 10 heteroatoms. The fraction of sp³-hybridized carbons (Fsp3) is 0.214. The summed E-state index contributed by atoms with van der Waals surface area (Å²) in [4.78, 5) is 40.8. The van der Waals surface area contributed by atoms with E-state index in [0.29, 0.717) is 29.2 Å². The zero-order chi connectivity index (χ0) is 27.0. The van der Waals surface area contributed by atoms with Crippen molar-refractivity contribution in [2.75, 3.05) is 11.9 Å². The van der Waals surface area contributed by atoms with Gasteiger partial charge in [0.1, 0.15) is 5.82 Å². The molecule has 0 unspecified atom stereocenters. The first-order valence-corrected chi connectivity index (χ1v) is 12.9. The van der Waals surface area contributed by atoms with Crippen molar-refractivity contribution in [2.45, 2.75) is 32.4 Å². The van der Waals surface area contributed by atoms with Gasteiger partial charge >= 0.3 is 0 Å². The summed E-state index contributed by atoms with van der Waals surface area (Å²) >= 11 is 1.37. The number of carbonyl (C=O) groups is 3. The highest BCUT2D eigenvalue weighted by Crippen LogP contribution is 2.37. The number of nitrogens with two attached hydrogens (primary N) is 1. The van der Waals surface area contributed by atoms with E-state index in [4.69, 9.17) is 10.8 Å². The van der Waals surface area contributed by atoms with Gasteiger partial charge in [0.2, 0.25) is 5.91 Å². The van der Waals surface area contributed by atoms with Crippen LogP contribution in [0.4, 0.5) is 10.1 Å². The highest BCUT2D eigenvalue weighted by Gasteiger charge is 2.41. The second-order valence-electron chi connectivity index (χ2n) is 9.88. The van der Waals surface area contributed by atoms with E-state index in [2.05, 4.69) is 5.32 Å². The highest BCUT2D eigenvalue weighted by atomic mass is 32.1. The average molecular weight is 532 g/mol. The first-order chi connectivity index (χ1) is 18.1. The van der Waals surface area contributed by atoms with Crippen molar-refractivity contribution in [3.63, 3.8) is 0 Å². The fourth-order valence-corrected chi connectivity index (χ4v) is 5.60. The first-order valence-electron chi connectivity index (χ1n) is 12.0. The molecular weight excluding hydrogens is 505 g/mol. The number of halogens is 1. The molecule has 2 aromatic heterocycles. The molecular formula is C28H26FN5O3S. The van der Waals surface area contributed by atoms with Crippen LogP contribution in [0.15, 0.2) is 66.0 Å². The Morgan fingerprint density at radius 2 is 1.87 bits per heavy atom. The Kier molecular flexibility index (Phi) is 6.58. The summed E-state index contributed by atoms with van der Waals surface area (Å²) in [5, 5.41) is 9.37. The molecule has 3 amide bonds. The minimum absolute atomic E-state index is 0.106. The molecule has 0 saturated heterocycles. The van der Waals surface area contributed by atoms with Crippen LogP contribution in [0, 0.1) is 5.82 Å². The molecule has 0 fully saturated rings. The molecule has 1 aliphatic rings. The average Bonchev–Trinajstić information content (AvgIpc) is 3.54. The van der Waals surface area contributed by atoms with Gasteiger partial charge in [0.05, 0.1) is 23.7 Å². The maximum atomic E-state index is 13.5. The van der Waals surface area contributed by atoms with Crippen LogP contribution >= 0.6 is 11.3 Å². The smallest absolute Gasteiger partial charge is 0.276 e. The lowest BCUT2D eigenvalue weighted by atomic mass is 9.82. The zero-order valence-corrected chi connectivity index (χ0v) is 21.7. The monoisotopic (exact) mass is 531 g/mol. The molecule has 4 aromatic rings. The largest absolute Gasteiger partial charge is 0.366 e. The predicted molar refractivity (Wildman–Crippen MR) is 143 cm³/mol. The number of nitrogens with zero attached hydrogens (tertiary/aromatic N) is 3. The molecule has 5 rings (SSSR count). The van der Waals surface area contributed by atoms with Gasteiger partial charge in [0, 0.05) is 28.8 Å². The van der Waals surface area contributed by atoms with E-state index >= 15 is 0 Å². The number of nitrogens with one attached hydrogen (secondary N) is 1. The number of hydrogen-bond acceptors (Lipinski definition) is 5. The maximum Gasteiger partial charge on any atom is 0.276 e. The Labute approximate surface area is 222 Å². The fourth-order valence-electron chi connectivity index (χ4n) is 4.91. The summed E-state index contributed by atoms with van der Waals surface area (Å²) in [5.41, 5.74) is 8.02. The first kappa shape index (κ1) is 25.3. The minimum atomic E-state index is -0.605. The number of hydrogen-bond donors (Lipinski definition) is 2. The topological polar surface area (TPSA) is 110 Å². The van der Waals surface area contributed by atoms with Gasteiger partial charge < -0.3 is 16.0 Å². The van der Waals surface area contributed by atoms with E-state index in [0.717, 1.165) is 11.3 Å². The van der Waals surface area contributed by atoms with Crippen molar-refractivity contribution in [3.8, 4) is 0 Å². The minimum Gasteiger partial charge on any atom is -0.366 e. The standard InChI is InChI=1S/C28H26FN5O3S/c1-28(2)16-33(27(37)22-7-4-12-38-22)15-21-23(26(36)31-20-6-3-5-18(13-20)25(30)35)32-34(24(21)28)14-17-8-10-19(29)11-9-17/h3-13H,14-16H2,1-2H3,(H2,30,35)(H,31,36). The Bertz CT molecular complexity index is 1530. The lowest BCUT2D eigenvalue weighted by molar-refractivity contribution is 0.0684. The van der Waals surface area contributed by atoms with E-state index in [1.807, 2.05) is 25.3 Å². The third kappa shape index (κ3) is 4.95. The van der Waals surface area contributed by atoms with E-state index < -0.39 is 17.2 Å². The number of benzene rings is 2. The molecule has 0 spiro atoms. The molecule has 3 heterocycles. The van der Waals surface area contributed by atoms with E-state index in [-0.39, 0.29) is 29.5 Å². The van der Waals surface area contributed by atoms with Crippen molar-refractivity contribution in [3.05, 3.63) is 105 Å². The van der Waals surface area contributed by atoms with Crippen LogP contribution in [0.3, 0.4) is 0 Å². The molecule has 0 atom stereocenters. The Morgan fingerprint density at radius 1 is 1.11 bits per heavy atom. The SMILES string of the molecule is CC1(C)CN(C(=O)c2cccs2)Cc2c(C(=O)Nc3cccc(C(N)=O)c3)nn(Cc3ccc(F)cc3)c21. The van der Waals surface area contributed by atoms with Crippen molar-refractivity contribution in [1.29, 1.82) is 0 Å². The summed E-state index contributed by atoms with van der Waals surface area (Å²) in [6.07, 6.45) is 0. The van der Waals surface area contributed by atoms with Crippen LogP contribution in [0.1, 0.15) is 61.2 Å². The normalized spacial score (nSPS) is 14.1. The molecule has 0 radical (unpaired) electrons. The Hall–Kier alpha value is -4.31. The third-order valence-electron chi connectivity index (χ3n) is 6.51. The summed E-state index contributed by atoms with van der Waals surface area (Å²) in [5.74, 6) is -1.52. The number of aromatic nitrogens is 2. The van der Waals surface area contributed by atoms with Crippen LogP contribution in [-0.2, 0) is 18.5 Å². The third-order valence-corrected chi connectivity index (χ3v) is 7.37. The van der Waals surface area contributed by atoms with Gasteiger partial charge in [-0.1, -0.05) is 38.1 Å². The van der Waals surface area contributed by atoms with Crippen molar-refractivity contribution in [2.24, 2.45) is 5.73 Å². The maximum absolute atomic E-state index is 13.5. The van der Waals surface area contributed by atoms with Gasteiger partial charge in [-0.05, 0) is 47.3 Å². The summed E-state index contributed by atoms with van der Waals surface area (Å²) in [6.45, 7) is 5.01. The number of thiophene rings is 1. The molecule has 3 N–H and O–H groups in total.